The van der Waals surface area contributed by atoms with Gasteiger partial charge in [0.1, 0.15) is 23.0 Å². The van der Waals surface area contributed by atoms with E-state index in [2.05, 4.69) is 9.97 Å². The van der Waals surface area contributed by atoms with Crippen LogP contribution in [-0.4, -0.2) is 21.5 Å². The van der Waals surface area contributed by atoms with Gasteiger partial charge in [-0.3, -0.25) is 9.59 Å². The topological polar surface area (TPSA) is 59.9 Å². The van der Waals surface area contributed by atoms with Gasteiger partial charge in [0, 0.05) is 28.3 Å². The first-order valence-electron chi connectivity index (χ1n) is 9.14. The van der Waals surface area contributed by atoms with Gasteiger partial charge in [0.15, 0.2) is 0 Å². The standard InChI is InChI=1S/C24H12F2N2O2/c25-17-12-18(26)16-11-15(17)19-6-2-8-21(27-19)23(29)13-4-1-5-14(10-13)24(30)22-9-3-7-20(16)28-22/h1-12H. The number of carbonyl (C=O) groups excluding carboxylic acids is 2. The molecule has 4 nitrogen and oxygen atoms in total. The molecule has 6 heteroatoms. The minimum Gasteiger partial charge on any atom is -0.287 e. The van der Waals surface area contributed by atoms with Crippen LogP contribution < -0.4 is 0 Å². The van der Waals surface area contributed by atoms with E-state index in [1.807, 2.05) is 0 Å². The molecule has 1 aliphatic heterocycles. The lowest BCUT2D eigenvalue weighted by molar-refractivity contribution is 0.103. The number of rotatable bonds is 0. The zero-order valence-electron chi connectivity index (χ0n) is 15.4. The maximum Gasteiger partial charge on any atom is 0.211 e. The van der Waals surface area contributed by atoms with Crippen LogP contribution in [0.3, 0.4) is 0 Å². The summed E-state index contributed by atoms with van der Waals surface area (Å²) in [6, 6.07) is 17.6. The fourth-order valence-corrected chi connectivity index (χ4v) is 3.46. The highest BCUT2D eigenvalue weighted by atomic mass is 19.1. The number of carbonyl (C=O) groups is 2. The van der Waals surface area contributed by atoms with Crippen LogP contribution >= 0.6 is 0 Å². The minimum atomic E-state index is -0.810. The molecule has 0 fully saturated rings. The molecule has 0 saturated carbocycles. The van der Waals surface area contributed by atoms with Gasteiger partial charge in [0.2, 0.25) is 11.6 Å². The lowest BCUT2D eigenvalue weighted by Gasteiger charge is -2.11. The van der Waals surface area contributed by atoms with Gasteiger partial charge in [0.25, 0.3) is 0 Å². The second-order valence-corrected chi connectivity index (χ2v) is 6.87. The SMILES string of the molecule is O=C1c2cccc(c2)C(=O)c2cccc(n2)-c2cc(c(F)cc2F)-c2cccc1n2. The number of hydrogen-bond donors (Lipinski definition) is 0. The van der Waals surface area contributed by atoms with E-state index in [-0.39, 0.29) is 45.0 Å². The van der Waals surface area contributed by atoms with Crippen LogP contribution in [0.2, 0.25) is 0 Å². The average Bonchev–Trinajstić information content (AvgIpc) is 2.78. The number of ketones is 2. The van der Waals surface area contributed by atoms with Crippen molar-refractivity contribution in [2.24, 2.45) is 0 Å². The Hall–Kier alpha value is -4.06. The summed E-state index contributed by atoms with van der Waals surface area (Å²) in [5.41, 5.74) is 1.20. The average molecular weight is 398 g/mol. The number of hydrogen-bond acceptors (Lipinski definition) is 4. The van der Waals surface area contributed by atoms with Gasteiger partial charge in [-0.2, -0.15) is 0 Å². The normalized spacial score (nSPS) is 12.5. The summed E-state index contributed by atoms with van der Waals surface area (Å²) in [6.45, 7) is 0. The van der Waals surface area contributed by atoms with Crippen molar-refractivity contribution in [3.05, 3.63) is 107 Å². The zero-order chi connectivity index (χ0) is 20.8. The molecule has 0 aliphatic carbocycles. The molecule has 0 N–H and O–H groups in total. The van der Waals surface area contributed by atoms with Crippen molar-refractivity contribution in [2.45, 2.75) is 0 Å². The van der Waals surface area contributed by atoms with Crippen molar-refractivity contribution in [1.29, 1.82) is 0 Å². The summed E-state index contributed by atoms with van der Waals surface area (Å²) in [4.78, 5) is 34.5. The van der Waals surface area contributed by atoms with E-state index in [4.69, 9.17) is 0 Å². The molecular weight excluding hydrogens is 386 g/mol. The van der Waals surface area contributed by atoms with Crippen molar-refractivity contribution in [2.75, 3.05) is 0 Å². The fraction of sp³-hybridized carbons (Fsp3) is 0. The highest BCUT2D eigenvalue weighted by Crippen LogP contribution is 2.30. The smallest absolute Gasteiger partial charge is 0.211 e. The van der Waals surface area contributed by atoms with Gasteiger partial charge < -0.3 is 0 Å². The third kappa shape index (κ3) is 2.90. The second kappa shape index (κ2) is 6.77. The Labute approximate surface area is 169 Å². The summed E-state index contributed by atoms with van der Waals surface area (Å²) in [5.74, 6) is -2.44. The highest BCUT2D eigenvalue weighted by Gasteiger charge is 2.20. The Bertz CT molecular complexity index is 1270. The maximum atomic E-state index is 14.6. The van der Waals surface area contributed by atoms with E-state index in [9.17, 15) is 18.4 Å². The lowest BCUT2D eigenvalue weighted by Crippen LogP contribution is -2.09. The molecule has 8 bridgehead atoms. The first-order valence-corrected chi connectivity index (χ1v) is 9.14. The van der Waals surface area contributed by atoms with Crippen LogP contribution in [-0.2, 0) is 0 Å². The van der Waals surface area contributed by atoms with E-state index in [0.717, 1.165) is 6.07 Å². The van der Waals surface area contributed by atoms with E-state index in [0.29, 0.717) is 0 Å². The molecule has 1 aliphatic rings. The van der Waals surface area contributed by atoms with Gasteiger partial charge in [0.05, 0.1) is 11.4 Å². The maximum absolute atomic E-state index is 14.6. The highest BCUT2D eigenvalue weighted by molar-refractivity contribution is 6.12. The van der Waals surface area contributed by atoms with Crippen LogP contribution in [0.1, 0.15) is 32.1 Å². The summed E-state index contributed by atoms with van der Waals surface area (Å²) in [5, 5.41) is 0. The Morgan fingerprint density at radius 2 is 0.967 bits per heavy atom. The number of pyridine rings is 2. The molecule has 2 aromatic carbocycles. The van der Waals surface area contributed by atoms with Crippen molar-refractivity contribution in [3.63, 3.8) is 0 Å². The Kier molecular flexibility index (Phi) is 4.06. The lowest BCUT2D eigenvalue weighted by atomic mass is 9.98. The summed E-state index contributed by atoms with van der Waals surface area (Å²) >= 11 is 0. The quantitative estimate of drug-likeness (QED) is 0.374. The van der Waals surface area contributed by atoms with E-state index < -0.39 is 23.2 Å². The molecule has 0 atom stereocenters. The summed E-state index contributed by atoms with van der Waals surface area (Å²) in [7, 11) is 0. The third-order valence-electron chi connectivity index (χ3n) is 4.96. The fourth-order valence-electron chi connectivity index (χ4n) is 3.46. The first kappa shape index (κ1) is 18.0. The molecule has 4 aromatic rings. The van der Waals surface area contributed by atoms with Crippen LogP contribution in [0.4, 0.5) is 8.78 Å². The van der Waals surface area contributed by atoms with Crippen LogP contribution in [0.25, 0.3) is 22.5 Å². The number of fused-ring (bicyclic) bond motifs is 10. The molecule has 144 valence electrons. The molecule has 0 radical (unpaired) electrons. The molecular formula is C24H12F2N2O2. The van der Waals surface area contributed by atoms with Crippen molar-refractivity contribution >= 4 is 11.6 Å². The van der Waals surface area contributed by atoms with Gasteiger partial charge in [-0.15, -0.1) is 0 Å². The number of nitrogens with zero attached hydrogens (tertiary/aromatic N) is 2. The van der Waals surface area contributed by atoms with Gasteiger partial charge >= 0.3 is 0 Å². The largest absolute Gasteiger partial charge is 0.287 e. The van der Waals surface area contributed by atoms with E-state index in [1.165, 1.54) is 24.3 Å². The summed E-state index contributed by atoms with van der Waals surface area (Å²) < 4.78 is 29.2. The minimum absolute atomic E-state index is 0.0328. The molecule has 0 amide bonds. The van der Waals surface area contributed by atoms with E-state index in [1.54, 1.807) is 42.5 Å². The van der Waals surface area contributed by atoms with Crippen molar-refractivity contribution < 1.29 is 18.4 Å². The summed E-state index contributed by atoms with van der Waals surface area (Å²) in [6.07, 6.45) is 0. The zero-order valence-corrected chi connectivity index (χ0v) is 15.4. The van der Waals surface area contributed by atoms with Crippen LogP contribution in [0.5, 0.6) is 0 Å². The molecule has 30 heavy (non-hydrogen) atoms. The molecule has 0 saturated heterocycles. The second-order valence-electron chi connectivity index (χ2n) is 6.87. The number of aromatic nitrogens is 2. The molecule has 0 spiro atoms. The van der Waals surface area contributed by atoms with Crippen molar-refractivity contribution in [3.8, 4) is 22.5 Å². The molecule has 2 aromatic heterocycles. The Morgan fingerprint density at radius 3 is 1.47 bits per heavy atom. The first-order chi connectivity index (χ1) is 14.5. The monoisotopic (exact) mass is 398 g/mol. The van der Waals surface area contributed by atoms with Gasteiger partial charge in [-0.1, -0.05) is 30.3 Å². The molecule has 0 unspecified atom stereocenters. The predicted molar refractivity (Wildman–Crippen MR) is 106 cm³/mol. The van der Waals surface area contributed by atoms with Gasteiger partial charge in [-0.05, 0) is 36.4 Å². The number of halogens is 2. The van der Waals surface area contributed by atoms with Crippen LogP contribution in [0.15, 0.2) is 72.8 Å². The molecule has 5 rings (SSSR count). The van der Waals surface area contributed by atoms with Crippen LogP contribution in [0, 0.1) is 11.6 Å². The van der Waals surface area contributed by atoms with Gasteiger partial charge in [-0.25, -0.2) is 18.7 Å². The number of benzene rings is 2. The molecule has 3 heterocycles. The third-order valence-corrected chi connectivity index (χ3v) is 4.96. The Balaban J connectivity index is 1.86. The predicted octanol–water partition coefficient (Wildman–Crippen LogP) is 4.86. The van der Waals surface area contributed by atoms with E-state index >= 15 is 0 Å². The Morgan fingerprint density at radius 1 is 0.533 bits per heavy atom. The van der Waals surface area contributed by atoms with Crippen molar-refractivity contribution in [1.82, 2.24) is 9.97 Å².